The van der Waals surface area contributed by atoms with Crippen LogP contribution in [0.5, 0.6) is 5.75 Å². The highest BCUT2D eigenvalue weighted by molar-refractivity contribution is 7.80. The van der Waals surface area contributed by atoms with E-state index in [-0.39, 0.29) is 6.61 Å². The van der Waals surface area contributed by atoms with Crippen molar-refractivity contribution in [3.8, 4) is 5.75 Å². The number of carboxylic acid groups (broad SMARTS) is 1. The summed E-state index contributed by atoms with van der Waals surface area (Å²) in [7, 11) is 0. The third kappa shape index (κ3) is 5.86. The van der Waals surface area contributed by atoms with Crippen molar-refractivity contribution < 1.29 is 14.6 Å². The first-order valence-electron chi connectivity index (χ1n) is 7.98. The molecule has 0 saturated carbocycles. The second-order valence-electron chi connectivity index (χ2n) is 5.79. The van der Waals surface area contributed by atoms with Gasteiger partial charge in [0, 0.05) is 11.3 Å². The lowest BCUT2D eigenvalue weighted by Crippen LogP contribution is -2.25. The molecule has 2 rings (SSSR count). The van der Waals surface area contributed by atoms with E-state index in [0.717, 1.165) is 16.8 Å². The van der Waals surface area contributed by atoms with E-state index >= 15 is 0 Å². The van der Waals surface area contributed by atoms with Crippen molar-refractivity contribution in [1.29, 1.82) is 0 Å². The van der Waals surface area contributed by atoms with Gasteiger partial charge in [0.2, 0.25) is 0 Å². The van der Waals surface area contributed by atoms with Gasteiger partial charge in [0.15, 0.2) is 11.7 Å². The fourth-order valence-electron chi connectivity index (χ4n) is 2.26. The number of hydrazone groups is 1. The zero-order chi connectivity index (χ0) is 19.1. The molecule has 0 aromatic heterocycles. The molecule has 136 valence electrons. The Hall–Kier alpha value is -2.93. The Morgan fingerprint density at radius 3 is 2.69 bits per heavy atom. The number of rotatable bonds is 6. The van der Waals surface area contributed by atoms with E-state index < -0.39 is 5.97 Å². The zero-order valence-electron chi connectivity index (χ0n) is 14.9. The van der Waals surface area contributed by atoms with Gasteiger partial charge < -0.3 is 15.2 Å². The van der Waals surface area contributed by atoms with Crippen LogP contribution >= 0.6 is 12.2 Å². The lowest BCUT2D eigenvalue weighted by Gasteiger charge is -2.11. The molecule has 0 fully saturated rings. The molecule has 0 radical (unpaired) electrons. The van der Waals surface area contributed by atoms with Gasteiger partial charge in [0.05, 0.1) is 5.71 Å². The molecule has 0 spiro atoms. The van der Waals surface area contributed by atoms with Crippen LogP contribution in [0.15, 0.2) is 47.6 Å². The number of nitrogens with one attached hydrogen (secondary N) is 2. The molecule has 0 aliphatic carbocycles. The van der Waals surface area contributed by atoms with E-state index in [1.54, 1.807) is 18.2 Å². The summed E-state index contributed by atoms with van der Waals surface area (Å²) >= 11 is 5.27. The van der Waals surface area contributed by atoms with Crippen molar-refractivity contribution in [2.45, 2.75) is 20.8 Å². The molecule has 0 aliphatic heterocycles. The van der Waals surface area contributed by atoms with E-state index in [2.05, 4.69) is 21.9 Å². The van der Waals surface area contributed by atoms with Crippen LogP contribution < -0.4 is 15.5 Å². The molecule has 0 atom stereocenters. The fraction of sp³-hybridized carbons (Fsp3) is 0.211. The number of anilines is 1. The summed E-state index contributed by atoms with van der Waals surface area (Å²) in [4.78, 5) is 10.6. The molecule has 0 aliphatic rings. The molecule has 7 heteroatoms. The molecule has 2 aromatic rings. The van der Waals surface area contributed by atoms with Gasteiger partial charge >= 0.3 is 5.97 Å². The number of aryl methyl sites for hydroxylation is 2. The van der Waals surface area contributed by atoms with E-state index in [4.69, 9.17) is 22.1 Å². The normalized spacial score (nSPS) is 11.0. The van der Waals surface area contributed by atoms with Crippen LogP contribution in [0, 0.1) is 13.8 Å². The van der Waals surface area contributed by atoms with Crippen LogP contribution in [0.3, 0.4) is 0 Å². The monoisotopic (exact) mass is 371 g/mol. The van der Waals surface area contributed by atoms with Gasteiger partial charge in [-0.25, -0.2) is 4.79 Å². The first-order valence-corrected chi connectivity index (χ1v) is 8.39. The molecule has 2 aromatic carbocycles. The van der Waals surface area contributed by atoms with Crippen molar-refractivity contribution in [3.63, 3.8) is 0 Å². The third-order valence-corrected chi connectivity index (χ3v) is 3.76. The van der Waals surface area contributed by atoms with Crippen LogP contribution in [-0.2, 0) is 4.79 Å². The number of ether oxygens (including phenoxy) is 1. The highest BCUT2D eigenvalue weighted by Gasteiger charge is 2.04. The van der Waals surface area contributed by atoms with Crippen molar-refractivity contribution in [3.05, 3.63) is 59.2 Å². The molecule has 3 N–H and O–H groups in total. The number of hydrogen-bond acceptors (Lipinski definition) is 4. The van der Waals surface area contributed by atoms with Crippen LogP contribution in [0.25, 0.3) is 0 Å². The Labute approximate surface area is 157 Å². The molecule has 0 heterocycles. The summed E-state index contributed by atoms with van der Waals surface area (Å²) in [6.07, 6.45) is 0. The molecule has 0 saturated heterocycles. The number of nitrogens with zero attached hydrogens (tertiary/aromatic N) is 1. The lowest BCUT2D eigenvalue weighted by molar-refractivity contribution is -0.139. The van der Waals surface area contributed by atoms with Crippen LogP contribution in [0.2, 0.25) is 0 Å². The topological polar surface area (TPSA) is 83.0 Å². The minimum absolute atomic E-state index is 0.384. The van der Waals surface area contributed by atoms with Gasteiger partial charge in [0.1, 0.15) is 5.75 Å². The smallest absolute Gasteiger partial charge is 0.341 e. The number of hydrogen-bond donors (Lipinski definition) is 3. The highest BCUT2D eigenvalue weighted by atomic mass is 32.1. The highest BCUT2D eigenvalue weighted by Crippen LogP contribution is 2.16. The van der Waals surface area contributed by atoms with Crippen molar-refractivity contribution in [1.82, 2.24) is 5.43 Å². The molecular weight excluding hydrogens is 350 g/mol. The molecule has 0 amide bonds. The van der Waals surface area contributed by atoms with Gasteiger partial charge in [-0.3, -0.25) is 5.43 Å². The Morgan fingerprint density at radius 2 is 2.00 bits per heavy atom. The summed E-state index contributed by atoms with van der Waals surface area (Å²) in [6.45, 7) is 5.48. The van der Waals surface area contributed by atoms with Gasteiger partial charge in [-0.1, -0.05) is 29.8 Å². The second kappa shape index (κ2) is 8.96. The maximum atomic E-state index is 10.6. The average molecular weight is 371 g/mol. The summed E-state index contributed by atoms with van der Waals surface area (Å²) in [5.41, 5.74) is 7.51. The molecule has 0 bridgehead atoms. The minimum Gasteiger partial charge on any atom is -0.482 e. The molecule has 0 unspecified atom stereocenters. The summed E-state index contributed by atoms with van der Waals surface area (Å²) in [5, 5.41) is 16.4. The maximum Gasteiger partial charge on any atom is 0.341 e. The summed E-state index contributed by atoms with van der Waals surface area (Å²) < 4.78 is 5.17. The molecular formula is C19H21N3O3S. The predicted molar refractivity (Wildman–Crippen MR) is 107 cm³/mol. The Morgan fingerprint density at radius 1 is 1.23 bits per heavy atom. The summed E-state index contributed by atoms with van der Waals surface area (Å²) in [5.74, 6) is -0.555. The van der Waals surface area contributed by atoms with Crippen LogP contribution in [0.1, 0.15) is 23.6 Å². The summed E-state index contributed by atoms with van der Waals surface area (Å²) in [6, 6.07) is 13.1. The van der Waals surface area contributed by atoms with E-state index in [1.807, 2.05) is 39.0 Å². The Kier molecular flexibility index (Phi) is 6.68. The van der Waals surface area contributed by atoms with Gasteiger partial charge in [-0.2, -0.15) is 5.10 Å². The number of thiocarbonyl (C=S) groups is 1. The second-order valence-corrected chi connectivity index (χ2v) is 6.20. The lowest BCUT2D eigenvalue weighted by atomic mass is 10.1. The Balaban J connectivity index is 1.99. The Bertz CT molecular complexity index is 850. The van der Waals surface area contributed by atoms with Crippen molar-refractivity contribution in [2.24, 2.45) is 5.10 Å². The van der Waals surface area contributed by atoms with Crippen molar-refractivity contribution >= 4 is 34.7 Å². The number of carbonyl (C=O) groups is 1. The largest absolute Gasteiger partial charge is 0.482 e. The predicted octanol–water partition coefficient (Wildman–Crippen LogP) is 3.48. The minimum atomic E-state index is -1.02. The van der Waals surface area contributed by atoms with Crippen LogP contribution in [0.4, 0.5) is 5.69 Å². The van der Waals surface area contributed by atoms with Crippen molar-refractivity contribution in [2.75, 3.05) is 11.9 Å². The number of carboxylic acids is 1. The van der Waals surface area contributed by atoms with Gasteiger partial charge in [0.25, 0.3) is 0 Å². The maximum absolute atomic E-state index is 10.6. The SMILES string of the molecule is C/C(=N/NC(=S)Nc1ccc(C)cc1C)c1cccc(OCC(=O)O)c1. The quantitative estimate of drug-likeness (QED) is 0.410. The molecule has 6 nitrogen and oxygen atoms in total. The standard InChI is InChI=1S/C19H21N3O3S/c1-12-7-8-17(13(2)9-12)20-19(26)22-21-14(3)15-5-4-6-16(10-15)25-11-18(23)24/h4-10H,11H2,1-3H3,(H,23,24)(H2,20,22,26)/b21-14-. The third-order valence-electron chi connectivity index (χ3n) is 3.57. The van der Waals surface area contributed by atoms with Gasteiger partial charge in [-0.15, -0.1) is 0 Å². The van der Waals surface area contributed by atoms with E-state index in [0.29, 0.717) is 16.6 Å². The van der Waals surface area contributed by atoms with Crippen LogP contribution in [-0.4, -0.2) is 28.5 Å². The number of benzene rings is 2. The molecule has 26 heavy (non-hydrogen) atoms. The zero-order valence-corrected chi connectivity index (χ0v) is 15.7. The first-order chi connectivity index (χ1) is 12.3. The first kappa shape index (κ1) is 19.4. The van der Waals surface area contributed by atoms with E-state index in [1.165, 1.54) is 5.56 Å². The average Bonchev–Trinajstić information content (AvgIpc) is 2.60. The van der Waals surface area contributed by atoms with Gasteiger partial charge in [-0.05, 0) is 56.8 Å². The number of aliphatic carboxylic acids is 1. The fourth-order valence-corrected chi connectivity index (χ4v) is 2.41. The van der Waals surface area contributed by atoms with E-state index in [9.17, 15) is 4.79 Å².